The highest BCUT2D eigenvalue weighted by Crippen LogP contribution is 2.20. The van der Waals surface area contributed by atoms with E-state index < -0.39 is 15.9 Å². The van der Waals surface area contributed by atoms with Crippen molar-refractivity contribution in [3.8, 4) is 0 Å². The average Bonchev–Trinajstić information content (AvgIpc) is 2.49. The van der Waals surface area contributed by atoms with Crippen LogP contribution in [0, 0.1) is 13.8 Å². The Kier molecular flexibility index (Phi) is 5.56. The Bertz CT molecular complexity index is 835. The summed E-state index contributed by atoms with van der Waals surface area (Å²) < 4.78 is 27.7. The molecule has 0 fully saturated rings. The Balaban J connectivity index is 2.01. The third-order valence-corrected chi connectivity index (χ3v) is 5.70. The molecule has 0 radical (unpaired) electrons. The van der Waals surface area contributed by atoms with Gasteiger partial charge in [-0.05, 0) is 49.2 Å². The van der Waals surface area contributed by atoms with Crippen molar-refractivity contribution in [1.82, 2.24) is 4.72 Å². The second kappa shape index (κ2) is 7.25. The molecular formula is C16H17BrN2O3S. The van der Waals surface area contributed by atoms with Crippen molar-refractivity contribution >= 4 is 37.5 Å². The molecule has 23 heavy (non-hydrogen) atoms. The van der Waals surface area contributed by atoms with Gasteiger partial charge in [0.2, 0.25) is 15.9 Å². The van der Waals surface area contributed by atoms with Gasteiger partial charge in [-0.1, -0.05) is 34.1 Å². The number of carbonyl (C=O) groups is 1. The molecule has 0 bridgehead atoms. The molecule has 122 valence electrons. The van der Waals surface area contributed by atoms with Crippen LogP contribution in [-0.4, -0.2) is 20.9 Å². The summed E-state index contributed by atoms with van der Waals surface area (Å²) in [6, 6.07) is 12.0. The highest BCUT2D eigenvalue weighted by Gasteiger charge is 2.17. The number of benzene rings is 2. The molecule has 0 atom stereocenters. The molecule has 0 saturated heterocycles. The Labute approximate surface area is 144 Å². The Morgan fingerprint density at radius 2 is 1.78 bits per heavy atom. The van der Waals surface area contributed by atoms with Crippen LogP contribution in [0.25, 0.3) is 0 Å². The van der Waals surface area contributed by atoms with Gasteiger partial charge >= 0.3 is 0 Å². The maximum Gasteiger partial charge on any atom is 0.241 e. The summed E-state index contributed by atoms with van der Waals surface area (Å²) in [6.45, 7) is 3.28. The normalized spacial score (nSPS) is 11.3. The first-order valence-corrected chi connectivity index (χ1v) is 9.18. The molecule has 2 aromatic rings. The van der Waals surface area contributed by atoms with Gasteiger partial charge in [0.05, 0.1) is 11.4 Å². The van der Waals surface area contributed by atoms with E-state index in [0.29, 0.717) is 11.3 Å². The van der Waals surface area contributed by atoms with Crippen molar-refractivity contribution in [3.05, 3.63) is 58.1 Å². The first-order valence-electron chi connectivity index (χ1n) is 6.91. The van der Waals surface area contributed by atoms with E-state index in [0.717, 1.165) is 10.0 Å². The van der Waals surface area contributed by atoms with Gasteiger partial charge in [-0.25, -0.2) is 13.1 Å². The molecule has 0 aliphatic heterocycles. The zero-order chi connectivity index (χ0) is 17.0. The molecular weight excluding hydrogens is 380 g/mol. The van der Waals surface area contributed by atoms with Crippen LogP contribution in [0.4, 0.5) is 5.69 Å². The Morgan fingerprint density at radius 1 is 1.09 bits per heavy atom. The summed E-state index contributed by atoms with van der Waals surface area (Å²) >= 11 is 3.38. The van der Waals surface area contributed by atoms with Gasteiger partial charge in [0.15, 0.2) is 0 Å². The van der Waals surface area contributed by atoms with E-state index in [2.05, 4.69) is 26.0 Å². The topological polar surface area (TPSA) is 75.3 Å². The average molecular weight is 397 g/mol. The van der Waals surface area contributed by atoms with E-state index in [4.69, 9.17) is 0 Å². The van der Waals surface area contributed by atoms with Crippen molar-refractivity contribution in [2.45, 2.75) is 18.7 Å². The maximum absolute atomic E-state index is 12.2. The number of anilines is 1. The third-order valence-electron chi connectivity index (χ3n) is 3.25. The van der Waals surface area contributed by atoms with Crippen LogP contribution in [0.2, 0.25) is 0 Å². The number of rotatable bonds is 5. The molecule has 0 aliphatic rings. The van der Waals surface area contributed by atoms with Crippen molar-refractivity contribution in [2.75, 3.05) is 11.9 Å². The molecule has 1 amide bonds. The number of halogens is 1. The van der Waals surface area contributed by atoms with E-state index in [9.17, 15) is 13.2 Å². The van der Waals surface area contributed by atoms with Gasteiger partial charge in [-0.2, -0.15) is 0 Å². The zero-order valence-electron chi connectivity index (χ0n) is 12.8. The molecule has 0 heterocycles. The lowest BCUT2D eigenvalue weighted by Crippen LogP contribution is -2.33. The lowest BCUT2D eigenvalue weighted by Gasteiger charge is -2.10. The number of nitrogens with one attached hydrogen (secondary N) is 2. The molecule has 2 aromatic carbocycles. The number of carbonyl (C=O) groups excluding carboxylic acids is 1. The first-order chi connectivity index (χ1) is 10.8. The summed E-state index contributed by atoms with van der Waals surface area (Å²) in [6.07, 6.45) is 0. The lowest BCUT2D eigenvalue weighted by molar-refractivity contribution is -0.115. The van der Waals surface area contributed by atoms with Gasteiger partial charge in [0.25, 0.3) is 0 Å². The largest absolute Gasteiger partial charge is 0.325 e. The van der Waals surface area contributed by atoms with Crippen molar-refractivity contribution in [1.29, 1.82) is 0 Å². The van der Waals surface area contributed by atoms with Crippen LogP contribution >= 0.6 is 15.9 Å². The highest BCUT2D eigenvalue weighted by molar-refractivity contribution is 9.10. The van der Waals surface area contributed by atoms with Crippen LogP contribution in [0.15, 0.2) is 51.8 Å². The van der Waals surface area contributed by atoms with Crippen molar-refractivity contribution < 1.29 is 13.2 Å². The first kappa shape index (κ1) is 17.7. The van der Waals surface area contributed by atoms with Crippen molar-refractivity contribution in [2.24, 2.45) is 0 Å². The molecule has 0 spiro atoms. The van der Waals surface area contributed by atoms with Gasteiger partial charge in [-0.3, -0.25) is 4.79 Å². The molecule has 2 N–H and O–H groups in total. The Hall–Kier alpha value is -1.70. The maximum atomic E-state index is 12.2. The Morgan fingerprint density at radius 3 is 2.43 bits per heavy atom. The van der Waals surface area contributed by atoms with E-state index in [1.165, 1.54) is 6.07 Å². The van der Waals surface area contributed by atoms with Crippen LogP contribution in [-0.2, 0) is 14.8 Å². The molecule has 0 unspecified atom stereocenters. The van der Waals surface area contributed by atoms with Crippen LogP contribution in [0.5, 0.6) is 0 Å². The monoisotopic (exact) mass is 396 g/mol. The summed E-state index contributed by atoms with van der Waals surface area (Å²) in [4.78, 5) is 12.1. The fourth-order valence-electron chi connectivity index (χ4n) is 2.02. The fourth-order valence-corrected chi connectivity index (χ4v) is 3.50. The number of hydrogen-bond acceptors (Lipinski definition) is 3. The highest BCUT2D eigenvalue weighted by atomic mass is 79.9. The summed E-state index contributed by atoms with van der Waals surface area (Å²) in [5.74, 6) is -0.427. The predicted molar refractivity (Wildman–Crippen MR) is 93.9 cm³/mol. The smallest absolute Gasteiger partial charge is 0.241 e. The van der Waals surface area contributed by atoms with Gasteiger partial charge in [0.1, 0.15) is 0 Å². The number of sulfonamides is 1. The van der Waals surface area contributed by atoms with Crippen molar-refractivity contribution in [3.63, 3.8) is 0 Å². The standard InChI is InChI=1S/C16H17BrN2O3S/c1-11-5-3-4-6-15(11)23(21,22)18-10-16(20)19-13-7-8-14(17)12(2)9-13/h3-9,18H,10H2,1-2H3,(H,19,20). The quantitative estimate of drug-likeness (QED) is 0.815. The number of amides is 1. The SMILES string of the molecule is Cc1cc(NC(=O)CNS(=O)(=O)c2ccccc2C)ccc1Br. The van der Waals surface area contributed by atoms with E-state index >= 15 is 0 Å². The zero-order valence-corrected chi connectivity index (χ0v) is 15.2. The minimum absolute atomic E-state index is 0.173. The molecule has 5 nitrogen and oxygen atoms in total. The molecule has 0 saturated carbocycles. The van der Waals surface area contributed by atoms with Gasteiger partial charge in [0, 0.05) is 10.2 Å². The number of aryl methyl sites for hydroxylation is 2. The minimum Gasteiger partial charge on any atom is -0.325 e. The molecule has 2 rings (SSSR count). The number of hydrogen-bond donors (Lipinski definition) is 2. The summed E-state index contributed by atoms with van der Waals surface area (Å²) in [5.41, 5.74) is 2.22. The minimum atomic E-state index is -3.71. The second-order valence-electron chi connectivity index (χ2n) is 5.10. The lowest BCUT2D eigenvalue weighted by atomic mass is 10.2. The summed E-state index contributed by atoms with van der Waals surface area (Å²) in [5, 5.41) is 2.66. The molecule has 7 heteroatoms. The molecule has 0 aromatic heterocycles. The van der Waals surface area contributed by atoms with Crippen LogP contribution in [0.3, 0.4) is 0 Å². The van der Waals surface area contributed by atoms with Gasteiger partial charge in [-0.15, -0.1) is 0 Å². The van der Waals surface area contributed by atoms with Crippen LogP contribution < -0.4 is 10.0 Å². The van der Waals surface area contributed by atoms with Crippen LogP contribution in [0.1, 0.15) is 11.1 Å². The predicted octanol–water partition coefficient (Wildman–Crippen LogP) is 2.98. The van der Waals surface area contributed by atoms with E-state index in [1.54, 1.807) is 37.3 Å². The second-order valence-corrected chi connectivity index (χ2v) is 7.69. The van der Waals surface area contributed by atoms with E-state index in [1.807, 2.05) is 13.0 Å². The molecule has 0 aliphatic carbocycles. The summed E-state index contributed by atoms with van der Waals surface area (Å²) in [7, 11) is -3.71. The van der Waals surface area contributed by atoms with E-state index in [-0.39, 0.29) is 11.4 Å². The fraction of sp³-hybridized carbons (Fsp3) is 0.188. The third kappa shape index (κ3) is 4.63. The van der Waals surface area contributed by atoms with Gasteiger partial charge < -0.3 is 5.32 Å².